The number of ether oxygens (including phenoxy) is 3. The van der Waals surface area contributed by atoms with Crippen LogP contribution in [0.25, 0.3) is 0 Å². The van der Waals surface area contributed by atoms with Gasteiger partial charge in [0.25, 0.3) is 0 Å². The molecule has 0 fully saturated rings. The maximum absolute atomic E-state index is 12.7. The molecule has 0 aliphatic carbocycles. The van der Waals surface area contributed by atoms with E-state index in [9.17, 15) is 14.4 Å². The van der Waals surface area contributed by atoms with Crippen molar-refractivity contribution in [3.05, 3.63) is 85.1 Å². The Balaban J connectivity index is 4.48. The van der Waals surface area contributed by atoms with Gasteiger partial charge in [0.1, 0.15) is 13.2 Å². The molecule has 0 radical (unpaired) electrons. The van der Waals surface area contributed by atoms with Gasteiger partial charge in [-0.25, -0.2) is 0 Å². The van der Waals surface area contributed by atoms with Crippen molar-refractivity contribution in [2.45, 2.75) is 219 Å². The molecule has 0 N–H and O–H groups in total. The third-order valence-electron chi connectivity index (χ3n) is 9.99. The van der Waals surface area contributed by atoms with Crippen molar-refractivity contribution in [2.24, 2.45) is 0 Å². The van der Waals surface area contributed by atoms with Crippen LogP contribution in [0.3, 0.4) is 0 Å². The van der Waals surface area contributed by atoms with E-state index in [0.717, 1.165) is 77.0 Å². The summed E-state index contributed by atoms with van der Waals surface area (Å²) in [6.07, 6.45) is 60.0. The van der Waals surface area contributed by atoms with Gasteiger partial charge in [-0.15, -0.1) is 0 Å². The van der Waals surface area contributed by atoms with Crippen LogP contribution in [0.2, 0.25) is 0 Å². The molecular weight excluding hydrogens is 733 g/mol. The second-order valence-electron chi connectivity index (χ2n) is 15.8. The second kappa shape index (κ2) is 47.3. The van der Waals surface area contributed by atoms with Crippen LogP contribution in [0.4, 0.5) is 0 Å². The van der Waals surface area contributed by atoms with Gasteiger partial charge < -0.3 is 14.2 Å². The maximum atomic E-state index is 12.7. The van der Waals surface area contributed by atoms with E-state index in [1.165, 1.54) is 89.9 Å². The molecule has 336 valence electrons. The lowest BCUT2D eigenvalue weighted by atomic mass is 10.1. The third kappa shape index (κ3) is 45.5. The van der Waals surface area contributed by atoms with Crippen molar-refractivity contribution in [1.82, 2.24) is 0 Å². The number of carbonyl (C=O) groups excluding carboxylic acids is 3. The highest BCUT2D eigenvalue weighted by Crippen LogP contribution is 2.13. The van der Waals surface area contributed by atoms with E-state index < -0.39 is 6.10 Å². The molecule has 6 nitrogen and oxygen atoms in total. The van der Waals surface area contributed by atoms with Gasteiger partial charge in [-0.2, -0.15) is 0 Å². The van der Waals surface area contributed by atoms with Gasteiger partial charge in [-0.1, -0.05) is 221 Å². The molecule has 0 bridgehead atoms. The molecule has 0 aliphatic heterocycles. The Morgan fingerprint density at radius 1 is 0.356 bits per heavy atom. The molecule has 0 rings (SSSR count). The SMILES string of the molecule is CCC\C=C/C=C\C=C/C=C\C=C/CCCCCCCC(=O)OCC(COC(=O)CCCCCCCCCCCC)OC(=O)CC/C=C\C/C=C\CCCCCCCC. The highest BCUT2D eigenvalue weighted by Gasteiger charge is 2.19. The van der Waals surface area contributed by atoms with Crippen LogP contribution >= 0.6 is 0 Å². The van der Waals surface area contributed by atoms with Crippen LogP contribution in [0, 0.1) is 0 Å². The molecule has 0 saturated carbocycles. The number of hydrogen-bond donors (Lipinski definition) is 0. The fraction of sp³-hybridized carbons (Fsp3) is 0.679. The zero-order valence-electron chi connectivity index (χ0n) is 38.2. The van der Waals surface area contributed by atoms with Gasteiger partial charge >= 0.3 is 17.9 Å². The summed E-state index contributed by atoms with van der Waals surface area (Å²) < 4.78 is 16.6. The van der Waals surface area contributed by atoms with Gasteiger partial charge in [0.15, 0.2) is 6.10 Å². The Morgan fingerprint density at radius 2 is 0.746 bits per heavy atom. The first-order valence-corrected chi connectivity index (χ1v) is 24.2. The Hall–Kier alpha value is -3.41. The van der Waals surface area contributed by atoms with Gasteiger partial charge in [0.05, 0.1) is 0 Å². The molecule has 0 aromatic rings. The van der Waals surface area contributed by atoms with Crippen molar-refractivity contribution in [2.75, 3.05) is 13.2 Å². The highest BCUT2D eigenvalue weighted by atomic mass is 16.6. The standard InChI is InChI=1S/C53H88O6/c1-4-7-10-13-16-19-22-24-25-26-27-28-30-31-34-37-40-43-46-52(55)58-49-50(48-57-51(54)45-42-39-36-33-21-18-15-12-9-6-3)59-53(56)47-44-41-38-35-32-29-23-20-17-14-11-8-5-2/h10,13,16,19,22,24-29,32,38,41,50H,4-9,11-12,14-15,17-18,20-21,23,30-31,33-37,39-40,42-49H2,1-3H3/b13-10-,19-16-,24-22-,26-25-,28-27-,32-29-,41-38-. The zero-order chi connectivity index (χ0) is 43.0. The normalized spacial score (nSPS) is 12.8. The Labute approximate surface area is 363 Å². The lowest BCUT2D eigenvalue weighted by Crippen LogP contribution is -2.30. The fourth-order valence-corrected chi connectivity index (χ4v) is 6.35. The predicted octanol–water partition coefficient (Wildman–Crippen LogP) is 15.6. The minimum atomic E-state index is -0.814. The van der Waals surface area contributed by atoms with Gasteiger partial charge in [0.2, 0.25) is 0 Å². The quantitative estimate of drug-likeness (QED) is 0.0201. The summed E-state index contributed by atoms with van der Waals surface area (Å²) in [7, 11) is 0. The lowest BCUT2D eigenvalue weighted by molar-refractivity contribution is -0.166. The van der Waals surface area contributed by atoms with E-state index in [1.54, 1.807) is 0 Å². The van der Waals surface area contributed by atoms with Crippen LogP contribution in [0.1, 0.15) is 213 Å². The van der Waals surface area contributed by atoms with E-state index in [-0.39, 0.29) is 37.5 Å². The van der Waals surface area contributed by atoms with Gasteiger partial charge in [-0.3, -0.25) is 14.4 Å². The molecule has 1 atom stereocenters. The molecule has 0 heterocycles. The molecular formula is C53H88O6. The largest absolute Gasteiger partial charge is 0.462 e. The molecule has 0 aromatic heterocycles. The first kappa shape index (κ1) is 55.6. The van der Waals surface area contributed by atoms with E-state index in [1.807, 2.05) is 42.5 Å². The highest BCUT2D eigenvalue weighted by molar-refractivity contribution is 5.71. The van der Waals surface area contributed by atoms with Gasteiger partial charge in [0, 0.05) is 19.3 Å². The van der Waals surface area contributed by atoms with E-state index in [0.29, 0.717) is 19.3 Å². The minimum absolute atomic E-state index is 0.107. The number of allylic oxidation sites excluding steroid dienone is 14. The summed E-state index contributed by atoms with van der Waals surface area (Å²) in [4.78, 5) is 37.8. The Morgan fingerprint density at radius 3 is 1.22 bits per heavy atom. The predicted molar refractivity (Wildman–Crippen MR) is 251 cm³/mol. The molecule has 6 heteroatoms. The molecule has 0 aromatic carbocycles. The van der Waals surface area contributed by atoms with Crippen molar-refractivity contribution in [3.63, 3.8) is 0 Å². The summed E-state index contributed by atoms with van der Waals surface area (Å²) >= 11 is 0. The number of hydrogen-bond acceptors (Lipinski definition) is 6. The maximum Gasteiger partial charge on any atom is 0.306 e. The molecule has 1 unspecified atom stereocenters. The smallest absolute Gasteiger partial charge is 0.306 e. The third-order valence-corrected chi connectivity index (χ3v) is 9.99. The van der Waals surface area contributed by atoms with Crippen LogP contribution in [0.15, 0.2) is 85.1 Å². The average Bonchev–Trinajstić information content (AvgIpc) is 3.23. The van der Waals surface area contributed by atoms with Crippen LogP contribution < -0.4 is 0 Å². The monoisotopic (exact) mass is 821 g/mol. The Bertz CT molecular complexity index is 1170. The summed E-state index contributed by atoms with van der Waals surface area (Å²) in [6.45, 7) is 6.44. The number of unbranched alkanes of at least 4 members (excludes halogenated alkanes) is 21. The topological polar surface area (TPSA) is 78.9 Å². The molecule has 0 amide bonds. The van der Waals surface area contributed by atoms with Crippen molar-refractivity contribution < 1.29 is 28.6 Å². The lowest BCUT2D eigenvalue weighted by Gasteiger charge is -2.18. The van der Waals surface area contributed by atoms with Gasteiger partial charge in [-0.05, 0) is 57.8 Å². The molecule has 0 aliphatic rings. The number of esters is 3. The van der Waals surface area contributed by atoms with Crippen molar-refractivity contribution in [3.8, 4) is 0 Å². The minimum Gasteiger partial charge on any atom is -0.462 e. The van der Waals surface area contributed by atoms with Crippen molar-refractivity contribution >= 4 is 17.9 Å². The molecule has 0 spiro atoms. The first-order chi connectivity index (χ1) is 29.0. The fourth-order valence-electron chi connectivity index (χ4n) is 6.35. The van der Waals surface area contributed by atoms with E-state index >= 15 is 0 Å². The number of rotatable bonds is 42. The summed E-state index contributed by atoms with van der Waals surface area (Å²) in [5.74, 6) is -1.01. The second-order valence-corrected chi connectivity index (χ2v) is 15.8. The molecule has 0 saturated heterocycles. The van der Waals surface area contributed by atoms with Crippen molar-refractivity contribution in [1.29, 1.82) is 0 Å². The van der Waals surface area contributed by atoms with E-state index in [4.69, 9.17) is 14.2 Å². The average molecular weight is 821 g/mol. The summed E-state index contributed by atoms with van der Waals surface area (Å²) in [5, 5.41) is 0. The summed E-state index contributed by atoms with van der Waals surface area (Å²) in [6, 6.07) is 0. The zero-order valence-corrected chi connectivity index (χ0v) is 38.2. The van der Waals surface area contributed by atoms with Crippen LogP contribution in [-0.4, -0.2) is 37.2 Å². The van der Waals surface area contributed by atoms with Crippen LogP contribution in [-0.2, 0) is 28.6 Å². The summed E-state index contributed by atoms with van der Waals surface area (Å²) in [5.41, 5.74) is 0. The molecule has 59 heavy (non-hydrogen) atoms. The van der Waals surface area contributed by atoms with Crippen LogP contribution in [0.5, 0.6) is 0 Å². The Kier molecular flexibility index (Phi) is 44.5. The number of carbonyl (C=O) groups is 3. The first-order valence-electron chi connectivity index (χ1n) is 24.2. The van der Waals surface area contributed by atoms with E-state index in [2.05, 4.69) is 63.3 Å².